The van der Waals surface area contributed by atoms with Crippen LogP contribution in [0.3, 0.4) is 0 Å². The van der Waals surface area contributed by atoms with Crippen LogP contribution in [0.4, 0.5) is 11.4 Å². The van der Waals surface area contributed by atoms with E-state index in [1.165, 1.54) is 0 Å². The number of hydrogen-bond acceptors (Lipinski definition) is 3. The minimum Gasteiger partial charge on any atom is -0.398 e. The van der Waals surface area contributed by atoms with Crippen molar-refractivity contribution in [1.82, 2.24) is 0 Å². The van der Waals surface area contributed by atoms with E-state index < -0.39 is 10.0 Å². The number of nitrogens with two attached hydrogens (primary N) is 1. The summed E-state index contributed by atoms with van der Waals surface area (Å²) in [5.74, 6) is -0.168. The number of nitrogens with one attached hydrogen (secondary N) is 1. The number of para-hydroxylation sites is 1. The topological polar surface area (TPSA) is 72.2 Å². The zero-order chi connectivity index (χ0) is 14.8. The van der Waals surface area contributed by atoms with Crippen LogP contribution in [-0.2, 0) is 15.8 Å². The molecule has 0 aromatic heterocycles. The Hall–Kier alpha value is -1.05. The molecule has 106 valence electrons. The highest BCUT2D eigenvalue weighted by Gasteiger charge is 2.15. The highest BCUT2D eigenvalue weighted by atomic mass is 79.9. The van der Waals surface area contributed by atoms with Gasteiger partial charge in [-0.1, -0.05) is 34.1 Å². The lowest BCUT2D eigenvalue weighted by molar-refractivity contribution is 0.600. The van der Waals surface area contributed by atoms with Crippen molar-refractivity contribution in [2.75, 3.05) is 10.5 Å². The van der Waals surface area contributed by atoms with Gasteiger partial charge in [-0.3, -0.25) is 4.72 Å². The molecule has 0 radical (unpaired) electrons. The maximum atomic E-state index is 12.2. The number of sulfonamides is 1. The molecule has 2 rings (SSSR count). The van der Waals surface area contributed by atoms with Crippen LogP contribution in [0, 0.1) is 0 Å². The average molecular weight is 420 g/mol. The van der Waals surface area contributed by atoms with Crippen LogP contribution < -0.4 is 10.5 Å². The Morgan fingerprint density at radius 3 is 2.50 bits per heavy atom. The predicted octanol–water partition coefficient (Wildman–Crippen LogP) is 3.74. The van der Waals surface area contributed by atoms with E-state index in [-0.39, 0.29) is 5.75 Å². The molecule has 0 atom stereocenters. The zero-order valence-electron chi connectivity index (χ0n) is 10.3. The molecule has 3 N–H and O–H groups in total. The molecular weight excluding hydrogens is 408 g/mol. The number of halogens is 2. The van der Waals surface area contributed by atoms with E-state index in [1.54, 1.807) is 36.4 Å². The molecule has 0 spiro atoms. The van der Waals surface area contributed by atoms with Gasteiger partial charge in [-0.15, -0.1) is 0 Å². The highest BCUT2D eigenvalue weighted by molar-refractivity contribution is 9.11. The minimum absolute atomic E-state index is 0.168. The zero-order valence-corrected chi connectivity index (χ0v) is 14.3. The van der Waals surface area contributed by atoms with Crippen LogP contribution in [0.5, 0.6) is 0 Å². The lowest BCUT2D eigenvalue weighted by atomic mass is 10.2. The lowest BCUT2D eigenvalue weighted by Crippen LogP contribution is -2.16. The third-order valence-electron chi connectivity index (χ3n) is 2.59. The molecule has 0 saturated heterocycles. The molecule has 0 aliphatic rings. The van der Waals surface area contributed by atoms with E-state index in [4.69, 9.17) is 5.73 Å². The van der Waals surface area contributed by atoms with Crippen molar-refractivity contribution in [3.05, 3.63) is 57.0 Å². The first-order chi connectivity index (χ1) is 9.37. The number of hydrogen-bond donors (Lipinski definition) is 2. The molecule has 4 nitrogen and oxygen atoms in total. The van der Waals surface area contributed by atoms with Crippen molar-refractivity contribution < 1.29 is 8.42 Å². The van der Waals surface area contributed by atoms with Gasteiger partial charge in [-0.05, 0) is 45.8 Å². The number of nitrogen functional groups attached to an aromatic ring is 1. The summed E-state index contributed by atoms with van der Waals surface area (Å²) in [5, 5.41) is 0. The smallest absolute Gasteiger partial charge is 0.237 e. The van der Waals surface area contributed by atoms with Gasteiger partial charge in [0.25, 0.3) is 0 Å². The van der Waals surface area contributed by atoms with E-state index in [0.717, 1.165) is 4.47 Å². The molecule has 7 heteroatoms. The number of benzene rings is 2. The van der Waals surface area contributed by atoms with Gasteiger partial charge in [0.2, 0.25) is 10.0 Å². The Balaban J connectivity index is 2.24. The van der Waals surface area contributed by atoms with Gasteiger partial charge in [0.15, 0.2) is 0 Å². The minimum atomic E-state index is -3.53. The SMILES string of the molecule is Nc1ccccc1CS(=O)(=O)Nc1cc(Br)ccc1Br. The van der Waals surface area contributed by atoms with E-state index in [0.29, 0.717) is 21.4 Å². The second-order valence-electron chi connectivity index (χ2n) is 4.18. The maximum Gasteiger partial charge on any atom is 0.237 e. The molecule has 2 aromatic rings. The average Bonchev–Trinajstić information content (AvgIpc) is 2.36. The first-order valence-electron chi connectivity index (χ1n) is 5.66. The fourth-order valence-corrected chi connectivity index (χ4v) is 3.74. The van der Waals surface area contributed by atoms with Crippen molar-refractivity contribution in [2.24, 2.45) is 0 Å². The monoisotopic (exact) mass is 418 g/mol. The molecular formula is C13H12Br2N2O2S. The van der Waals surface area contributed by atoms with Crippen molar-refractivity contribution in [3.63, 3.8) is 0 Å². The highest BCUT2D eigenvalue weighted by Crippen LogP contribution is 2.27. The second kappa shape index (κ2) is 6.15. The van der Waals surface area contributed by atoms with Gasteiger partial charge in [0.1, 0.15) is 0 Å². The molecule has 0 aliphatic heterocycles. The van der Waals surface area contributed by atoms with Crippen LogP contribution in [0.1, 0.15) is 5.56 Å². The molecule has 2 aromatic carbocycles. The van der Waals surface area contributed by atoms with Gasteiger partial charge < -0.3 is 5.73 Å². The van der Waals surface area contributed by atoms with Crippen LogP contribution in [0.25, 0.3) is 0 Å². The van der Waals surface area contributed by atoms with Crippen molar-refractivity contribution in [3.8, 4) is 0 Å². The second-order valence-corrected chi connectivity index (χ2v) is 7.68. The van der Waals surface area contributed by atoms with Crippen LogP contribution in [-0.4, -0.2) is 8.42 Å². The van der Waals surface area contributed by atoms with E-state index >= 15 is 0 Å². The summed E-state index contributed by atoms with van der Waals surface area (Å²) in [6.45, 7) is 0. The summed E-state index contributed by atoms with van der Waals surface area (Å²) in [5.41, 5.74) is 7.29. The molecule has 0 unspecified atom stereocenters. The third-order valence-corrected chi connectivity index (χ3v) is 5.00. The summed E-state index contributed by atoms with van der Waals surface area (Å²) < 4.78 is 28.4. The molecule has 0 amide bonds. The standard InChI is InChI=1S/C13H12Br2N2O2S/c14-10-5-6-11(15)13(7-10)17-20(18,19)8-9-3-1-2-4-12(9)16/h1-7,17H,8,16H2. The van der Waals surface area contributed by atoms with E-state index in [2.05, 4.69) is 36.6 Å². The van der Waals surface area contributed by atoms with Gasteiger partial charge in [0.05, 0.1) is 11.4 Å². The predicted molar refractivity (Wildman–Crippen MR) is 88.9 cm³/mol. The molecule has 0 bridgehead atoms. The van der Waals surface area contributed by atoms with E-state index in [1.807, 2.05) is 6.07 Å². The van der Waals surface area contributed by atoms with Crippen molar-refractivity contribution >= 4 is 53.3 Å². The van der Waals surface area contributed by atoms with Crippen molar-refractivity contribution in [1.29, 1.82) is 0 Å². The van der Waals surface area contributed by atoms with Crippen LogP contribution in [0.2, 0.25) is 0 Å². The van der Waals surface area contributed by atoms with Gasteiger partial charge in [-0.25, -0.2) is 8.42 Å². The fourth-order valence-electron chi connectivity index (χ4n) is 1.65. The lowest BCUT2D eigenvalue weighted by Gasteiger charge is -2.11. The summed E-state index contributed by atoms with van der Waals surface area (Å²) >= 11 is 6.62. The Kier molecular flexibility index (Phi) is 4.72. The largest absolute Gasteiger partial charge is 0.398 e. The third kappa shape index (κ3) is 3.97. The molecule has 0 heterocycles. The number of anilines is 2. The maximum absolute atomic E-state index is 12.2. The van der Waals surface area contributed by atoms with Crippen LogP contribution >= 0.6 is 31.9 Å². The Bertz CT molecular complexity index is 733. The summed E-state index contributed by atoms with van der Waals surface area (Å²) in [4.78, 5) is 0. The first-order valence-corrected chi connectivity index (χ1v) is 8.90. The molecule has 0 aliphatic carbocycles. The molecule has 0 fully saturated rings. The molecule has 20 heavy (non-hydrogen) atoms. The fraction of sp³-hybridized carbons (Fsp3) is 0.0769. The van der Waals surface area contributed by atoms with Crippen LogP contribution in [0.15, 0.2) is 51.4 Å². The summed E-state index contributed by atoms with van der Waals surface area (Å²) in [7, 11) is -3.53. The first kappa shape index (κ1) is 15.3. The Labute approximate surface area is 134 Å². The molecule has 0 saturated carbocycles. The van der Waals surface area contributed by atoms with Gasteiger partial charge in [-0.2, -0.15) is 0 Å². The van der Waals surface area contributed by atoms with E-state index in [9.17, 15) is 8.42 Å². The van der Waals surface area contributed by atoms with Gasteiger partial charge >= 0.3 is 0 Å². The Morgan fingerprint density at radius 2 is 1.80 bits per heavy atom. The normalized spacial score (nSPS) is 11.3. The Morgan fingerprint density at radius 1 is 1.10 bits per heavy atom. The van der Waals surface area contributed by atoms with Crippen molar-refractivity contribution in [2.45, 2.75) is 5.75 Å². The van der Waals surface area contributed by atoms with Gasteiger partial charge in [0, 0.05) is 14.6 Å². The summed E-state index contributed by atoms with van der Waals surface area (Å²) in [6.07, 6.45) is 0. The summed E-state index contributed by atoms with van der Waals surface area (Å²) in [6, 6.07) is 12.2. The quantitative estimate of drug-likeness (QED) is 0.741. The number of rotatable bonds is 4.